The zero-order chi connectivity index (χ0) is 27.8. The summed E-state index contributed by atoms with van der Waals surface area (Å²) >= 11 is 0. The van der Waals surface area contributed by atoms with Gasteiger partial charge in [0.1, 0.15) is 0 Å². The number of methoxy groups -OCH3 is 1. The van der Waals surface area contributed by atoms with Crippen molar-refractivity contribution in [3.63, 3.8) is 0 Å². The van der Waals surface area contributed by atoms with E-state index < -0.39 is 16.7 Å². The molecular weight excluding hydrogens is 494 g/mol. The molecule has 1 fully saturated rings. The second kappa shape index (κ2) is 13.7. The van der Waals surface area contributed by atoms with Gasteiger partial charge in [0.2, 0.25) is 5.91 Å². The van der Waals surface area contributed by atoms with Crippen LogP contribution in [0, 0.1) is 5.41 Å². The first-order chi connectivity index (χ1) is 16.4. The van der Waals surface area contributed by atoms with E-state index in [2.05, 4.69) is 67.3 Å². The monoisotopic (exact) mass is 547 g/mol. The summed E-state index contributed by atoms with van der Waals surface area (Å²) in [7, 11) is 4.92. The molecule has 0 aromatic carbocycles. The van der Waals surface area contributed by atoms with E-state index in [1.165, 1.54) is 0 Å². The number of carbonyl (C=O) groups excluding carboxylic acids is 1. The summed E-state index contributed by atoms with van der Waals surface area (Å²) in [4.78, 5) is 12.4. The lowest BCUT2D eigenvalue weighted by atomic mass is 9.77. The fraction of sp³-hybridized carbons (Fsp3) is 0.893. The second-order valence-electron chi connectivity index (χ2n) is 12.7. The van der Waals surface area contributed by atoms with Crippen molar-refractivity contribution in [3.05, 3.63) is 12.0 Å². The van der Waals surface area contributed by atoms with Gasteiger partial charge in [0.05, 0.1) is 41.2 Å². The van der Waals surface area contributed by atoms with Gasteiger partial charge in [-0.25, -0.2) is 0 Å². The van der Waals surface area contributed by atoms with Gasteiger partial charge in [-0.1, -0.05) is 48.9 Å². The highest BCUT2D eigenvalue weighted by Gasteiger charge is 2.61. The molecule has 1 amide bonds. The highest BCUT2D eigenvalue weighted by atomic mass is 33.1. The van der Waals surface area contributed by atoms with Gasteiger partial charge >= 0.3 is 0 Å². The molecule has 3 unspecified atom stereocenters. The van der Waals surface area contributed by atoms with E-state index in [0.717, 1.165) is 31.6 Å². The van der Waals surface area contributed by atoms with E-state index in [4.69, 9.17) is 18.9 Å². The highest BCUT2D eigenvalue weighted by molar-refractivity contribution is 8.77. The van der Waals surface area contributed by atoms with Crippen molar-refractivity contribution in [2.24, 2.45) is 5.41 Å². The van der Waals surface area contributed by atoms with Crippen LogP contribution in [0.15, 0.2) is 12.0 Å². The largest absolute Gasteiger partial charge is 0.385 e. The van der Waals surface area contributed by atoms with Gasteiger partial charge in [-0.3, -0.25) is 4.79 Å². The molecule has 1 N–H and O–H groups in total. The van der Waals surface area contributed by atoms with Crippen LogP contribution < -0.4 is 5.32 Å². The number of hydrogen-bond acceptors (Lipinski definition) is 7. The molecule has 1 heterocycles. The third-order valence-corrected chi connectivity index (χ3v) is 8.64. The van der Waals surface area contributed by atoms with Crippen molar-refractivity contribution in [1.29, 1.82) is 0 Å². The molecule has 36 heavy (non-hydrogen) atoms. The fourth-order valence-electron chi connectivity index (χ4n) is 5.34. The third kappa shape index (κ3) is 11.2. The first kappa shape index (κ1) is 33.8. The Morgan fingerprint density at radius 2 is 1.83 bits per heavy atom. The summed E-state index contributed by atoms with van der Waals surface area (Å²) in [5.41, 5.74) is -1.55. The fourth-order valence-corrected chi connectivity index (χ4v) is 6.63. The van der Waals surface area contributed by atoms with E-state index in [1.807, 2.05) is 13.8 Å². The zero-order valence-corrected chi connectivity index (χ0v) is 26.4. The smallest absolute Gasteiger partial charge is 0.221 e. The van der Waals surface area contributed by atoms with Crippen molar-refractivity contribution in [2.45, 2.75) is 129 Å². The Labute approximate surface area is 229 Å². The number of amides is 1. The summed E-state index contributed by atoms with van der Waals surface area (Å²) < 4.78 is 24.7. The lowest BCUT2D eigenvalue weighted by Gasteiger charge is -2.42. The Morgan fingerprint density at radius 3 is 2.39 bits per heavy atom. The Morgan fingerprint density at radius 1 is 1.19 bits per heavy atom. The Hall–Kier alpha value is -0.250. The topological polar surface area (TPSA) is 69.3 Å². The molecule has 3 atom stereocenters. The maximum Gasteiger partial charge on any atom is 0.221 e. The lowest BCUT2D eigenvalue weighted by molar-refractivity contribution is -0.194. The van der Waals surface area contributed by atoms with Gasteiger partial charge in [-0.2, -0.15) is 0 Å². The van der Waals surface area contributed by atoms with Gasteiger partial charge in [0.15, 0.2) is 0 Å². The van der Waals surface area contributed by atoms with Crippen LogP contribution in [-0.4, -0.2) is 66.5 Å². The van der Waals surface area contributed by atoms with Crippen molar-refractivity contribution >= 4 is 27.5 Å². The Kier molecular flexibility index (Phi) is 12.9. The molecule has 0 spiro atoms. The highest BCUT2D eigenvalue weighted by Crippen LogP contribution is 2.53. The Bertz CT molecular complexity index is 710. The molecule has 1 aliphatic heterocycles. The summed E-state index contributed by atoms with van der Waals surface area (Å²) in [5, 5.41) is 4.88. The van der Waals surface area contributed by atoms with Crippen LogP contribution in [-0.2, 0) is 23.7 Å². The zero-order valence-electron chi connectivity index (χ0n) is 24.7. The molecule has 1 rings (SSSR count). The standard InChI is InChI=1S/C28H53NO5S2/c1-13-21(32-20-25(5,6)29-22(30)15-18-36-35-14-2)27(9,10)34-26(7,8)19-28(11)23(33-28)24(3,4)16-17-31-12/h14,21,23H,2,13,15-20H2,1,3-12H3,(H,29,30). The molecule has 0 aromatic rings. The van der Waals surface area contributed by atoms with Crippen LogP contribution in [0.1, 0.15) is 94.9 Å². The normalized spacial score (nSPS) is 21.8. The van der Waals surface area contributed by atoms with Crippen molar-refractivity contribution in [3.8, 4) is 0 Å². The molecule has 0 bridgehead atoms. The summed E-state index contributed by atoms with van der Waals surface area (Å²) in [6.45, 7) is 26.1. The van der Waals surface area contributed by atoms with E-state index in [-0.39, 0.29) is 29.1 Å². The van der Waals surface area contributed by atoms with Gasteiger partial charge in [-0.15, -0.1) is 0 Å². The number of hydrogen-bond donors (Lipinski definition) is 1. The van der Waals surface area contributed by atoms with E-state index in [0.29, 0.717) is 13.0 Å². The molecule has 0 radical (unpaired) electrons. The van der Waals surface area contributed by atoms with E-state index in [9.17, 15) is 4.79 Å². The van der Waals surface area contributed by atoms with Crippen LogP contribution in [0.25, 0.3) is 0 Å². The molecule has 212 valence electrons. The van der Waals surface area contributed by atoms with Gasteiger partial charge in [0.25, 0.3) is 0 Å². The number of epoxide rings is 1. The van der Waals surface area contributed by atoms with Crippen molar-refractivity contribution < 1.29 is 23.7 Å². The number of carbonyl (C=O) groups is 1. The van der Waals surface area contributed by atoms with E-state index >= 15 is 0 Å². The maximum absolute atomic E-state index is 12.4. The van der Waals surface area contributed by atoms with Gasteiger partial charge < -0.3 is 24.3 Å². The summed E-state index contributed by atoms with van der Waals surface area (Å²) in [6, 6.07) is 0. The first-order valence-corrected chi connectivity index (χ1v) is 15.5. The average Bonchev–Trinajstić information content (AvgIpc) is 3.39. The van der Waals surface area contributed by atoms with Crippen LogP contribution in [0.3, 0.4) is 0 Å². The Balaban J connectivity index is 2.67. The molecule has 0 aliphatic carbocycles. The van der Waals surface area contributed by atoms with Gasteiger partial charge in [0, 0.05) is 32.3 Å². The number of ether oxygens (including phenoxy) is 4. The molecule has 1 saturated heterocycles. The number of rotatable bonds is 19. The molecule has 6 nitrogen and oxygen atoms in total. The van der Waals surface area contributed by atoms with E-state index in [1.54, 1.807) is 34.1 Å². The van der Waals surface area contributed by atoms with Crippen LogP contribution in [0.2, 0.25) is 0 Å². The summed E-state index contributed by atoms with van der Waals surface area (Å²) in [6.07, 6.45) is 3.10. The summed E-state index contributed by atoms with van der Waals surface area (Å²) in [5.74, 6) is 0.783. The second-order valence-corrected chi connectivity index (χ2v) is 15.1. The SMILES string of the molecule is C=CSSCCC(=O)NC(C)(C)COC(CC)C(C)(C)OC(C)(C)CC1(C)OC1C(C)(C)CCOC. The van der Waals surface area contributed by atoms with Crippen LogP contribution in [0.4, 0.5) is 0 Å². The predicted octanol–water partition coefficient (Wildman–Crippen LogP) is 6.78. The molecule has 1 aliphatic rings. The minimum atomic E-state index is -0.511. The molecule has 0 saturated carbocycles. The number of nitrogens with one attached hydrogen (secondary N) is 1. The van der Waals surface area contributed by atoms with Crippen molar-refractivity contribution in [1.82, 2.24) is 5.32 Å². The average molecular weight is 548 g/mol. The third-order valence-electron chi connectivity index (χ3n) is 6.68. The van der Waals surface area contributed by atoms with Gasteiger partial charge in [-0.05, 0) is 72.1 Å². The van der Waals surface area contributed by atoms with Crippen LogP contribution >= 0.6 is 21.6 Å². The van der Waals surface area contributed by atoms with Crippen LogP contribution in [0.5, 0.6) is 0 Å². The van der Waals surface area contributed by atoms with Crippen molar-refractivity contribution in [2.75, 3.05) is 26.1 Å². The molecule has 8 heteroatoms. The minimum Gasteiger partial charge on any atom is -0.385 e. The maximum atomic E-state index is 12.4. The molecule has 0 aromatic heterocycles. The predicted molar refractivity (Wildman–Crippen MR) is 155 cm³/mol. The quantitative estimate of drug-likeness (QED) is 0.109. The minimum absolute atomic E-state index is 0.0334. The molecular formula is C28H53NO5S2. The first-order valence-electron chi connectivity index (χ1n) is 13.1. The lowest BCUT2D eigenvalue weighted by Crippen LogP contribution is -2.52.